The highest BCUT2D eigenvalue weighted by Crippen LogP contribution is 2.40. The van der Waals surface area contributed by atoms with Gasteiger partial charge in [-0.05, 0) is 13.8 Å². The third kappa shape index (κ3) is 5.18. The first-order valence-electron chi connectivity index (χ1n) is 9.76. The minimum absolute atomic E-state index is 0.119. The van der Waals surface area contributed by atoms with Crippen LogP contribution in [0, 0.1) is 0 Å². The summed E-state index contributed by atoms with van der Waals surface area (Å²) in [4.78, 5) is 69.4. The number of β-lactam (4-membered cyclic amide) rings is 1. The number of carboxylic acid groups (broad SMARTS) is 2. The molecule has 0 bridgehead atoms. The van der Waals surface area contributed by atoms with Crippen molar-refractivity contribution in [3.05, 3.63) is 17.1 Å². The molecule has 1 fully saturated rings. The molecule has 5 N–H and O–H groups in total. The molecular formula is C18H20N6O10S. The maximum atomic E-state index is 12.9. The zero-order valence-electron chi connectivity index (χ0n) is 18.5. The quantitative estimate of drug-likeness (QED) is 0.128. The van der Waals surface area contributed by atoms with E-state index in [4.69, 9.17) is 15.3 Å². The fraction of sp³-hybridized carbons (Fsp3) is 0.444. The van der Waals surface area contributed by atoms with Gasteiger partial charge in [0.25, 0.3) is 11.8 Å². The number of hydrogen-bond acceptors (Lipinski definition) is 13. The van der Waals surface area contributed by atoms with E-state index in [-0.39, 0.29) is 23.6 Å². The first-order chi connectivity index (χ1) is 16.3. The van der Waals surface area contributed by atoms with Crippen molar-refractivity contribution in [1.29, 1.82) is 0 Å². The number of anilines is 1. The molecule has 1 aromatic rings. The highest BCUT2D eigenvalue weighted by atomic mass is 32.2. The lowest BCUT2D eigenvalue weighted by Crippen LogP contribution is -2.71. The second kappa shape index (κ2) is 9.61. The fourth-order valence-corrected chi connectivity index (χ4v) is 4.23. The molecule has 0 radical (unpaired) electrons. The Morgan fingerprint density at radius 2 is 2.03 bits per heavy atom. The van der Waals surface area contributed by atoms with Crippen molar-refractivity contribution < 1.29 is 48.3 Å². The van der Waals surface area contributed by atoms with Crippen LogP contribution in [0.1, 0.15) is 26.6 Å². The van der Waals surface area contributed by atoms with Gasteiger partial charge >= 0.3 is 23.9 Å². The minimum atomic E-state index is -1.83. The van der Waals surface area contributed by atoms with Crippen LogP contribution in [0.5, 0.6) is 0 Å². The van der Waals surface area contributed by atoms with Gasteiger partial charge in [0.1, 0.15) is 23.7 Å². The van der Waals surface area contributed by atoms with E-state index in [0.717, 1.165) is 23.6 Å². The van der Waals surface area contributed by atoms with E-state index < -0.39 is 64.3 Å². The van der Waals surface area contributed by atoms with Crippen LogP contribution in [0.2, 0.25) is 0 Å². The molecule has 0 aliphatic carbocycles. The van der Waals surface area contributed by atoms with Crippen molar-refractivity contribution in [2.75, 3.05) is 18.1 Å². The van der Waals surface area contributed by atoms with Crippen LogP contribution in [0.25, 0.3) is 0 Å². The smallest absolute Gasteiger partial charge is 0.352 e. The number of nitrogen functional groups attached to an aromatic ring is 1. The van der Waals surface area contributed by atoms with E-state index in [1.165, 1.54) is 13.8 Å². The molecule has 2 amide bonds. The lowest BCUT2D eigenvalue weighted by atomic mass is 10.0. The predicted octanol–water partition coefficient (Wildman–Crippen LogP) is -1.46. The lowest BCUT2D eigenvalue weighted by molar-refractivity contribution is -0.161. The summed E-state index contributed by atoms with van der Waals surface area (Å²) in [7, 11) is 0. The van der Waals surface area contributed by atoms with E-state index in [2.05, 4.69) is 25.1 Å². The number of hydrogen-bond donors (Lipinski definition) is 4. The maximum absolute atomic E-state index is 12.9. The van der Waals surface area contributed by atoms with Gasteiger partial charge in [-0.1, -0.05) is 10.3 Å². The van der Waals surface area contributed by atoms with Crippen LogP contribution in [-0.4, -0.2) is 90.1 Å². The number of carbonyl (C=O) groups is 5. The largest absolute Gasteiger partial charge is 0.478 e. The Hall–Kier alpha value is -4.15. The Labute approximate surface area is 200 Å². The average Bonchev–Trinajstić information content (AvgIpc) is 3.20. The minimum Gasteiger partial charge on any atom is -0.478 e. The van der Waals surface area contributed by atoms with Crippen LogP contribution in [0.4, 0.5) is 6.01 Å². The molecule has 1 aromatic heterocycles. The number of fused-ring (bicyclic) bond motifs is 1. The van der Waals surface area contributed by atoms with Crippen LogP contribution >= 0.6 is 11.8 Å². The summed E-state index contributed by atoms with van der Waals surface area (Å²) in [6, 6.07) is -1.58. The van der Waals surface area contributed by atoms with Gasteiger partial charge < -0.3 is 35.4 Å². The van der Waals surface area contributed by atoms with E-state index >= 15 is 0 Å². The van der Waals surface area contributed by atoms with Gasteiger partial charge in [0.2, 0.25) is 17.1 Å². The molecule has 3 rings (SSSR count). The number of amides is 2. The molecule has 0 spiro atoms. The molecule has 16 nitrogen and oxygen atoms in total. The van der Waals surface area contributed by atoms with Crippen molar-refractivity contribution in [2.24, 2.45) is 5.16 Å². The summed E-state index contributed by atoms with van der Waals surface area (Å²) in [5.41, 5.74) is 2.80. The molecule has 17 heteroatoms. The Bertz CT molecular complexity index is 1160. The van der Waals surface area contributed by atoms with Gasteiger partial charge in [0.05, 0.1) is 0 Å². The Balaban J connectivity index is 1.82. The Morgan fingerprint density at radius 1 is 1.34 bits per heavy atom. The van der Waals surface area contributed by atoms with Crippen LogP contribution in [-0.2, 0) is 33.5 Å². The monoisotopic (exact) mass is 512 g/mol. The molecule has 2 atom stereocenters. The number of ether oxygens (including phenoxy) is 1. The Kier molecular flexibility index (Phi) is 6.99. The molecule has 0 aromatic carbocycles. The molecule has 2 aliphatic rings. The third-order valence-corrected chi connectivity index (χ3v) is 6.07. The second-order valence-electron chi connectivity index (χ2n) is 7.70. The van der Waals surface area contributed by atoms with Crippen LogP contribution < -0.4 is 11.1 Å². The summed E-state index contributed by atoms with van der Waals surface area (Å²) in [5.74, 6) is -5.48. The first kappa shape index (κ1) is 25.5. The summed E-state index contributed by atoms with van der Waals surface area (Å²) in [6.45, 7) is 3.22. The third-order valence-electron chi connectivity index (χ3n) is 4.73. The number of thioether (sulfide) groups is 1. The first-order valence-corrected chi connectivity index (χ1v) is 10.8. The van der Waals surface area contributed by atoms with Crippen molar-refractivity contribution >= 4 is 53.2 Å². The second-order valence-corrected chi connectivity index (χ2v) is 8.81. The molecule has 0 saturated carbocycles. The highest BCUT2D eigenvalue weighted by Gasteiger charge is 2.54. The molecule has 2 aliphatic heterocycles. The number of esters is 1. The summed E-state index contributed by atoms with van der Waals surface area (Å²) in [5, 5.41) is 27.4. The number of rotatable bonds is 9. The van der Waals surface area contributed by atoms with E-state index in [1.807, 2.05) is 0 Å². The normalized spacial score (nSPS) is 20.0. The van der Waals surface area contributed by atoms with Crippen molar-refractivity contribution in [3.8, 4) is 0 Å². The maximum Gasteiger partial charge on any atom is 0.352 e. The number of carbonyl (C=O) groups excluding carboxylic acids is 3. The molecule has 1 saturated heterocycles. The standard InChI is InChI=1S/C18H20N6O10S/c1-6(25)32-4-7-5-35-14-9(13(27)24(14)10(7)15(28)29)20-12(26)8(11-21-17(19)33-23-11)22-34-18(2,3)16(30)31/h9,14H,4-5H2,1-3H3,(H,20,26)(H,28,29)(H,30,31)(H2,19,21,23)/b22-8-/t9?,14-/m0/s1. The number of aliphatic carboxylic acids is 2. The fourth-order valence-electron chi connectivity index (χ4n) is 2.91. The SMILES string of the molecule is CC(=O)OCC1=C(C(=O)O)N2C(=O)C(NC(=O)/C(=N\OC(C)(C)C(=O)O)c3noc(N)n3)[C@@H]2SC1. The van der Waals surface area contributed by atoms with Crippen LogP contribution in [0.3, 0.4) is 0 Å². The molecule has 188 valence electrons. The summed E-state index contributed by atoms with van der Waals surface area (Å²) < 4.78 is 9.48. The number of oxime groups is 1. The Morgan fingerprint density at radius 3 is 2.57 bits per heavy atom. The van der Waals surface area contributed by atoms with Crippen LogP contribution in [0.15, 0.2) is 20.9 Å². The van der Waals surface area contributed by atoms with Gasteiger partial charge in [-0.3, -0.25) is 19.3 Å². The number of nitrogens with two attached hydrogens (primary N) is 1. The van der Waals surface area contributed by atoms with Gasteiger partial charge in [-0.25, -0.2) is 9.59 Å². The predicted molar refractivity (Wildman–Crippen MR) is 114 cm³/mol. The van der Waals surface area contributed by atoms with Gasteiger partial charge in [-0.2, -0.15) is 4.98 Å². The topological polar surface area (TPSA) is 237 Å². The molecular weight excluding hydrogens is 492 g/mol. The lowest BCUT2D eigenvalue weighted by Gasteiger charge is -2.49. The van der Waals surface area contributed by atoms with Crippen molar-refractivity contribution in [3.63, 3.8) is 0 Å². The van der Waals surface area contributed by atoms with Gasteiger partial charge in [0, 0.05) is 18.2 Å². The van der Waals surface area contributed by atoms with Gasteiger partial charge in [0.15, 0.2) is 0 Å². The van der Waals surface area contributed by atoms with E-state index in [0.29, 0.717) is 0 Å². The van der Waals surface area contributed by atoms with Crippen molar-refractivity contribution in [2.45, 2.75) is 37.8 Å². The summed E-state index contributed by atoms with van der Waals surface area (Å²) in [6.07, 6.45) is 0. The zero-order valence-corrected chi connectivity index (χ0v) is 19.3. The summed E-state index contributed by atoms with van der Waals surface area (Å²) >= 11 is 1.14. The molecule has 3 heterocycles. The van der Waals surface area contributed by atoms with E-state index in [9.17, 15) is 34.2 Å². The van der Waals surface area contributed by atoms with Gasteiger partial charge in [-0.15, -0.1) is 11.8 Å². The zero-order chi connectivity index (χ0) is 26.1. The number of aromatic nitrogens is 2. The van der Waals surface area contributed by atoms with E-state index in [1.54, 1.807) is 0 Å². The number of carboxylic acids is 2. The molecule has 35 heavy (non-hydrogen) atoms. The average molecular weight is 512 g/mol. The number of nitrogens with one attached hydrogen (secondary N) is 1. The molecule has 1 unspecified atom stereocenters. The highest BCUT2D eigenvalue weighted by molar-refractivity contribution is 8.00. The number of nitrogens with zero attached hydrogens (tertiary/aromatic N) is 4. The van der Waals surface area contributed by atoms with Crippen molar-refractivity contribution in [1.82, 2.24) is 20.4 Å².